The number of ether oxygens (including phenoxy) is 1. The summed E-state index contributed by atoms with van der Waals surface area (Å²) < 4.78 is 10.6. The topological polar surface area (TPSA) is 64.4 Å². The predicted molar refractivity (Wildman–Crippen MR) is 86.1 cm³/mol. The highest BCUT2D eigenvalue weighted by atomic mass is 16.5. The molecule has 0 saturated carbocycles. The molecule has 3 rings (SSSR count). The molecule has 122 valence electrons. The molecular weight excluding hydrogens is 292 g/mol. The lowest BCUT2D eigenvalue weighted by Gasteiger charge is -2.08. The Labute approximate surface area is 136 Å². The minimum Gasteiger partial charge on any atom is -0.381 e. The molecular formula is C18H22N2O3. The molecule has 1 aromatic heterocycles. The molecule has 0 radical (unpaired) electrons. The van der Waals surface area contributed by atoms with E-state index in [9.17, 15) is 4.79 Å². The number of carbonyl (C=O) groups is 1. The van der Waals surface area contributed by atoms with E-state index in [4.69, 9.17) is 9.26 Å². The average molecular weight is 314 g/mol. The molecule has 5 heteroatoms. The number of amides is 1. The first-order valence-corrected chi connectivity index (χ1v) is 8.03. The van der Waals surface area contributed by atoms with Gasteiger partial charge in [-0.2, -0.15) is 0 Å². The molecule has 1 saturated heterocycles. The van der Waals surface area contributed by atoms with Crippen LogP contribution in [0.15, 0.2) is 34.9 Å². The van der Waals surface area contributed by atoms with Gasteiger partial charge in [0.25, 0.3) is 0 Å². The summed E-state index contributed by atoms with van der Waals surface area (Å²) in [5.74, 6) is 1.20. The van der Waals surface area contributed by atoms with E-state index in [2.05, 4.69) is 41.7 Å². The lowest BCUT2D eigenvalue weighted by atomic mass is 10.1. The third-order valence-electron chi connectivity index (χ3n) is 4.06. The fraction of sp³-hybridized carbons (Fsp3) is 0.444. The van der Waals surface area contributed by atoms with Gasteiger partial charge in [0.15, 0.2) is 0 Å². The van der Waals surface area contributed by atoms with E-state index < -0.39 is 0 Å². The highest BCUT2D eigenvalue weighted by molar-refractivity contribution is 5.78. The molecule has 0 spiro atoms. The molecule has 23 heavy (non-hydrogen) atoms. The highest BCUT2D eigenvalue weighted by Crippen LogP contribution is 2.13. The zero-order valence-electron chi connectivity index (χ0n) is 13.4. The zero-order valence-corrected chi connectivity index (χ0v) is 13.4. The molecule has 0 bridgehead atoms. The average Bonchev–Trinajstić information content (AvgIpc) is 3.20. The van der Waals surface area contributed by atoms with Crippen LogP contribution in [0, 0.1) is 12.8 Å². The quantitative estimate of drug-likeness (QED) is 0.888. The first-order valence-electron chi connectivity index (χ1n) is 8.03. The molecule has 1 aliphatic heterocycles. The summed E-state index contributed by atoms with van der Waals surface area (Å²) in [6, 6.07) is 10.2. The van der Waals surface area contributed by atoms with Crippen LogP contribution in [-0.2, 0) is 22.4 Å². The smallest absolute Gasteiger partial charge is 0.226 e. The van der Waals surface area contributed by atoms with Crippen LogP contribution in [0.25, 0.3) is 0 Å². The van der Waals surface area contributed by atoms with Gasteiger partial charge in [0, 0.05) is 31.6 Å². The third-order valence-corrected chi connectivity index (χ3v) is 4.06. The van der Waals surface area contributed by atoms with Crippen molar-refractivity contribution >= 4 is 5.91 Å². The first kappa shape index (κ1) is 15.7. The minimum atomic E-state index is -0.0212. The van der Waals surface area contributed by atoms with Gasteiger partial charge in [-0.3, -0.25) is 4.79 Å². The number of nitrogens with one attached hydrogen (secondary N) is 1. The Kier molecular flexibility index (Phi) is 5.08. The number of hydrogen-bond acceptors (Lipinski definition) is 4. The van der Waals surface area contributed by atoms with E-state index in [0.29, 0.717) is 24.6 Å². The number of nitrogens with zero attached hydrogens (tertiary/aromatic N) is 1. The molecule has 1 atom stereocenters. The van der Waals surface area contributed by atoms with E-state index >= 15 is 0 Å². The number of rotatable bonds is 6. The van der Waals surface area contributed by atoms with E-state index in [-0.39, 0.29) is 12.3 Å². The van der Waals surface area contributed by atoms with Crippen molar-refractivity contribution in [3.8, 4) is 0 Å². The van der Waals surface area contributed by atoms with Gasteiger partial charge >= 0.3 is 0 Å². The Bertz CT molecular complexity index is 643. The van der Waals surface area contributed by atoms with Crippen LogP contribution in [0.5, 0.6) is 0 Å². The van der Waals surface area contributed by atoms with Crippen molar-refractivity contribution in [1.29, 1.82) is 0 Å². The number of aryl methyl sites for hydroxylation is 1. The highest BCUT2D eigenvalue weighted by Gasteiger charge is 2.17. The Morgan fingerprint density at radius 2 is 2.17 bits per heavy atom. The van der Waals surface area contributed by atoms with Crippen molar-refractivity contribution < 1.29 is 14.1 Å². The molecule has 0 aliphatic carbocycles. The summed E-state index contributed by atoms with van der Waals surface area (Å²) in [5, 5.41) is 6.93. The second-order valence-electron chi connectivity index (χ2n) is 6.16. The van der Waals surface area contributed by atoms with Gasteiger partial charge < -0.3 is 14.6 Å². The van der Waals surface area contributed by atoms with Crippen LogP contribution in [0.4, 0.5) is 0 Å². The van der Waals surface area contributed by atoms with Crippen molar-refractivity contribution in [3.05, 3.63) is 52.9 Å². The van der Waals surface area contributed by atoms with E-state index in [1.807, 2.05) is 6.07 Å². The number of benzene rings is 1. The summed E-state index contributed by atoms with van der Waals surface area (Å²) >= 11 is 0. The van der Waals surface area contributed by atoms with E-state index in [1.165, 1.54) is 11.1 Å². The second kappa shape index (κ2) is 7.42. The Morgan fingerprint density at radius 3 is 2.91 bits per heavy atom. The normalized spacial score (nSPS) is 17.3. The molecule has 2 aromatic rings. The number of aromatic nitrogens is 1. The van der Waals surface area contributed by atoms with Crippen molar-refractivity contribution in [2.24, 2.45) is 5.92 Å². The van der Waals surface area contributed by atoms with Crippen LogP contribution >= 0.6 is 0 Å². The van der Waals surface area contributed by atoms with Crippen LogP contribution in [0.2, 0.25) is 0 Å². The molecule has 2 heterocycles. The fourth-order valence-electron chi connectivity index (χ4n) is 2.66. The van der Waals surface area contributed by atoms with Crippen molar-refractivity contribution in [3.63, 3.8) is 0 Å². The SMILES string of the molecule is Cc1ccc(Cc2cc(CC(=O)NCC3CCOC3)no2)cc1. The molecule has 5 nitrogen and oxygen atoms in total. The van der Waals surface area contributed by atoms with Crippen molar-refractivity contribution in [2.75, 3.05) is 19.8 Å². The van der Waals surface area contributed by atoms with Gasteiger partial charge in [0.05, 0.1) is 18.7 Å². The van der Waals surface area contributed by atoms with Crippen LogP contribution in [0.1, 0.15) is 29.0 Å². The van der Waals surface area contributed by atoms with Crippen molar-refractivity contribution in [1.82, 2.24) is 10.5 Å². The summed E-state index contributed by atoms with van der Waals surface area (Å²) in [4.78, 5) is 11.9. The maximum Gasteiger partial charge on any atom is 0.226 e. The van der Waals surface area contributed by atoms with Gasteiger partial charge in [-0.05, 0) is 18.9 Å². The monoisotopic (exact) mass is 314 g/mol. The van der Waals surface area contributed by atoms with Gasteiger partial charge in [-0.15, -0.1) is 0 Å². The Morgan fingerprint density at radius 1 is 1.35 bits per heavy atom. The molecule has 1 unspecified atom stereocenters. The molecule has 1 N–H and O–H groups in total. The van der Waals surface area contributed by atoms with Crippen LogP contribution in [0.3, 0.4) is 0 Å². The summed E-state index contributed by atoms with van der Waals surface area (Å²) in [6.07, 6.45) is 1.96. The second-order valence-corrected chi connectivity index (χ2v) is 6.16. The first-order chi connectivity index (χ1) is 11.2. The maximum absolute atomic E-state index is 11.9. The lowest BCUT2D eigenvalue weighted by molar-refractivity contribution is -0.120. The summed E-state index contributed by atoms with van der Waals surface area (Å²) in [6.45, 7) is 4.27. The Balaban J connectivity index is 1.48. The summed E-state index contributed by atoms with van der Waals surface area (Å²) in [7, 11) is 0. The largest absolute Gasteiger partial charge is 0.381 e. The van der Waals surface area contributed by atoms with Gasteiger partial charge in [0.2, 0.25) is 5.91 Å². The van der Waals surface area contributed by atoms with Gasteiger partial charge in [-0.25, -0.2) is 0 Å². The molecule has 1 aromatic carbocycles. The lowest BCUT2D eigenvalue weighted by Crippen LogP contribution is -2.30. The van der Waals surface area contributed by atoms with Gasteiger partial charge in [-0.1, -0.05) is 35.0 Å². The predicted octanol–water partition coefficient (Wildman–Crippen LogP) is 2.27. The van der Waals surface area contributed by atoms with Crippen LogP contribution in [-0.4, -0.2) is 30.8 Å². The van der Waals surface area contributed by atoms with E-state index in [0.717, 1.165) is 25.4 Å². The standard InChI is InChI=1S/C18H22N2O3/c1-13-2-4-14(5-3-13)8-17-9-16(20-23-17)10-18(21)19-11-15-6-7-22-12-15/h2-5,9,15H,6-8,10-12H2,1H3,(H,19,21). The minimum absolute atomic E-state index is 0.0212. The van der Waals surface area contributed by atoms with Gasteiger partial charge in [0.1, 0.15) is 5.76 Å². The maximum atomic E-state index is 11.9. The van der Waals surface area contributed by atoms with Crippen LogP contribution < -0.4 is 5.32 Å². The number of carbonyl (C=O) groups excluding carboxylic acids is 1. The van der Waals surface area contributed by atoms with E-state index in [1.54, 1.807) is 0 Å². The molecule has 1 amide bonds. The zero-order chi connectivity index (χ0) is 16.1. The Hall–Kier alpha value is -2.14. The fourth-order valence-corrected chi connectivity index (χ4v) is 2.66. The van der Waals surface area contributed by atoms with Crippen molar-refractivity contribution in [2.45, 2.75) is 26.2 Å². The third kappa shape index (κ3) is 4.66. The number of hydrogen-bond donors (Lipinski definition) is 1. The molecule has 1 aliphatic rings. The summed E-state index contributed by atoms with van der Waals surface area (Å²) in [5.41, 5.74) is 3.08. The molecule has 1 fully saturated rings.